The van der Waals surface area contributed by atoms with Gasteiger partial charge < -0.3 is 4.74 Å². The first-order valence-electron chi connectivity index (χ1n) is 8.05. The summed E-state index contributed by atoms with van der Waals surface area (Å²) in [5.74, 6) is 0.975. The molecule has 2 heterocycles. The fourth-order valence-electron chi connectivity index (χ4n) is 4.41. The van der Waals surface area contributed by atoms with E-state index in [-0.39, 0.29) is 6.23 Å². The van der Waals surface area contributed by atoms with Gasteiger partial charge in [0.25, 0.3) is 0 Å². The van der Waals surface area contributed by atoms with Gasteiger partial charge in [0.15, 0.2) is 6.23 Å². The van der Waals surface area contributed by atoms with E-state index in [2.05, 4.69) is 38.8 Å². The molecule has 0 N–H and O–H groups in total. The minimum atomic E-state index is 0.128. The third kappa shape index (κ3) is 1.72. The Morgan fingerprint density at radius 1 is 1.24 bits per heavy atom. The van der Waals surface area contributed by atoms with E-state index in [1.807, 2.05) is 0 Å². The Labute approximate surface area is 132 Å². The van der Waals surface area contributed by atoms with Crippen molar-refractivity contribution in [2.24, 2.45) is 5.92 Å². The summed E-state index contributed by atoms with van der Waals surface area (Å²) >= 11 is 3.62. The molecule has 1 aromatic heterocycles. The van der Waals surface area contributed by atoms with E-state index in [0.29, 0.717) is 5.41 Å². The van der Waals surface area contributed by atoms with Gasteiger partial charge in [0, 0.05) is 21.9 Å². The molecule has 0 amide bonds. The Balaban J connectivity index is 1.67. The van der Waals surface area contributed by atoms with Gasteiger partial charge in [-0.1, -0.05) is 15.9 Å². The van der Waals surface area contributed by atoms with Crippen LogP contribution < -0.4 is 0 Å². The van der Waals surface area contributed by atoms with Crippen LogP contribution >= 0.6 is 15.9 Å². The lowest BCUT2D eigenvalue weighted by atomic mass is 9.43. The van der Waals surface area contributed by atoms with Crippen LogP contribution in [0.15, 0.2) is 22.7 Å². The summed E-state index contributed by atoms with van der Waals surface area (Å²) in [5.41, 5.74) is 2.96. The minimum absolute atomic E-state index is 0.128. The molecule has 3 saturated carbocycles. The average Bonchev–Trinajstić information content (AvgIpc) is 2.76. The minimum Gasteiger partial charge on any atom is -0.356 e. The molecule has 4 aliphatic rings. The second kappa shape index (κ2) is 4.32. The molecule has 4 heteroatoms. The van der Waals surface area contributed by atoms with Crippen LogP contribution in [0.25, 0.3) is 10.9 Å². The number of benzene rings is 1. The van der Waals surface area contributed by atoms with Crippen molar-refractivity contribution in [2.45, 2.75) is 50.2 Å². The lowest BCUT2D eigenvalue weighted by molar-refractivity contribution is -0.0452. The van der Waals surface area contributed by atoms with E-state index in [9.17, 15) is 0 Å². The van der Waals surface area contributed by atoms with Crippen LogP contribution in [0.2, 0.25) is 0 Å². The number of ether oxygens (including phenoxy) is 1. The van der Waals surface area contributed by atoms with Crippen LogP contribution in [0.1, 0.15) is 50.4 Å². The molecule has 0 radical (unpaired) electrons. The summed E-state index contributed by atoms with van der Waals surface area (Å²) < 4.78 is 9.29. The zero-order valence-electron chi connectivity index (χ0n) is 12.0. The Kier molecular flexibility index (Phi) is 2.61. The molecule has 110 valence electrons. The number of nitrogens with zero attached hydrogens (tertiary/aromatic N) is 2. The average molecular weight is 347 g/mol. The van der Waals surface area contributed by atoms with Crippen molar-refractivity contribution in [3.63, 3.8) is 0 Å². The molecular weight excluding hydrogens is 328 g/mol. The molecule has 4 fully saturated rings. The highest BCUT2D eigenvalue weighted by molar-refractivity contribution is 9.10. The highest BCUT2D eigenvalue weighted by Gasteiger charge is 2.59. The zero-order chi connectivity index (χ0) is 14.0. The molecule has 21 heavy (non-hydrogen) atoms. The van der Waals surface area contributed by atoms with Crippen molar-refractivity contribution < 1.29 is 4.74 Å². The van der Waals surface area contributed by atoms with E-state index in [1.165, 1.54) is 48.7 Å². The Hall–Kier alpha value is -0.870. The topological polar surface area (TPSA) is 27.1 Å². The first-order chi connectivity index (χ1) is 10.3. The molecule has 6 rings (SSSR count). The standard InChI is InChI=1S/C17H19BrN2O/c18-12-4-5-14-13(7-12)16(17-8-11(9-17)10-17)19-20(14)15-3-1-2-6-21-15/h4-5,7,11,15H,1-3,6,8-10H2. The van der Waals surface area contributed by atoms with E-state index in [0.717, 1.165) is 23.4 Å². The SMILES string of the molecule is Brc1ccc2c(c1)c(C13CC(C1)C3)nn2C1CCCCO1. The van der Waals surface area contributed by atoms with Gasteiger partial charge in [0.05, 0.1) is 11.2 Å². The molecule has 1 aromatic carbocycles. The quantitative estimate of drug-likeness (QED) is 0.797. The van der Waals surface area contributed by atoms with Crippen LogP contribution in [0.4, 0.5) is 0 Å². The normalized spacial score (nSPS) is 34.5. The van der Waals surface area contributed by atoms with Gasteiger partial charge >= 0.3 is 0 Å². The molecule has 1 saturated heterocycles. The molecular formula is C17H19BrN2O. The molecule has 1 atom stereocenters. The molecule has 3 nitrogen and oxygen atoms in total. The highest BCUT2D eigenvalue weighted by Crippen LogP contribution is 2.65. The lowest BCUT2D eigenvalue weighted by Crippen LogP contribution is -2.55. The first kappa shape index (κ1) is 12.7. The summed E-state index contributed by atoms with van der Waals surface area (Å²) in [4.78, 5) is 0. The second-order valence-electron chi connectivity index (χ2n) is 7.03. The van der Waals surface area contributed by atoms with E-state index < -0.39 is 0 Å². The van der Waals surface area contributed by atoms with Crippen molar-refractivity contribution in [1.29, 1.82) is 0 Å². The fraction of sp³-hybridized carbons (Fsp3) is 0.588. The number of halogens is 1. The Morgan fingerprint density at radius 3 is 2.76 bits per heavy atom. The van der Waals surface area contributed by atoms with E-state index >= 15 is 0 Å². The van der Waals surface area contributed by atoms with Crippen molar-refractivity contribution in [3.8, 4) is 0 Å². The number of rotatable bonds is 2. The smallest absolute Gasteiger partial charge is 0.150 e. The van der Waals surface area contributed by atoms with E-state index in [4.69, 9.17) is 9.84 Å². The largest absolute Gasteiger partial charge is 0.356 e. The maximum Gasteiger partial charge on any atom is 0.150 e. The lowest BCUT2D eigenvalue weighted by Gasteiger charge is -2.61. The molecule has 2 aromatic rings. The van der Waals surface area contributed by atoms with Gasteiger partial charge in [0.2, 0.25) is 0 Å². The summed E-state index contributed by atoms with van der Waals surface area (Å²) in [6, 6.07) is 6.56. The van der Waals surface area contributed by atoms with Gasteiger partial charge in [-0.25, -0.2) is 4.68 Å². The van der Waals surface area contributed by atoms with Crippen LogP contribution in [0, 0.1) is 5.92 Å². The van der Waals surface area contributed by atoms with Crippen LogP contribution in [0.5, 0.6) is 0 Å². The van der Waals surface area contributed by atoms with Crippen LogP contribution in [0.3, 0.4) is 0 Å². The summed E-state index contributed by atoms with van der Waals surface area (Å²) in [6.45, 7) is 0.866. The van der Waals surface area contributed by atoms with Crippen molar-refractivity contribution >= 4 is 26.8 Å². The van der Waals surface area contributed by atoms with Gasteiger partial charge in [0.1, 0.15) is 0 Å². The Morgan fingerprint density at radius 2 is 2.10 bits per heavy atom. The predicted octanol–water partition coefficient (Wildman–Crippen LogP) is 4.55. The van der Waals surface area contributed by atoms with Crippen LogP contribution in [-0.2, 0) is 10.2 Å². The monoisotopic (exact) mass is 346 g/mol. The van der Waals surface area contributed by atoms with Crippen LogP contribution in [-0.4, -0.2) is 16.4 Å². The molecule has 2 bridgehead atoms. The summed E-state index contributed by atoms with van der Waals surface area (Å²) in [5, 5.41) is 6.39. The van der Waals surface area contributed by atoms with Gasteiger partial charge in [-0.05, 0) is 62.6 Å². The number of fused-ring (bicyclic) bond motifs is 1. The summed E-state index contributed by atoms with van der Waals surface area (Å²) in [7, 11) is 0. The molecule has 1 aliphatic heterocycles. The highest BCUT2D eigenvalue weighted by atomic mass is 79.9. The van der Waals surface area contributed by atoms with Gasteiger partial charge in [-0.2, -0.15) is 5.10 Å². The number of hydrogen-bond acceptors (Lipinski definition) is 2. The molecule has 0 spiro atoms. The second-order valence-corrected chi connectivity index (χ2v) is 7.95. The first-order valence-corrected chi connectivity index (χ1v) is 8.84. The maximum absolute atomic E-state index is 5.98. The number of hydrogen-bond donors (Lipinski definition) is 0. The zero-order valence-corrected chi connectivity index (χ0v) is 13.6. The van der Waals surface area contributed by atoms with Crippen molar-refractivity contribution in [2.75, 3.05) is 6.61 Å². The predicted molar refractivity (Wildman–Crippen MR) is 85.3 cm³/mol. The van der Waals surface area contributed by atoms with E-state index in [1.54, 1.807) is 0 Å². The van der Waals surface area contributed by atoms with Crippen molar-refractivity contribution in [3.05, 3.63) is 28.4 Å². The van der Waals surface area contributed by atoms with Gasteiger partial charge in [-0.15, -0.1) is 0 Å². The summed E-state index contributed by atoms with van der Waals surface area (Å²) in [6.07, 6.45) is 7.67. The molecule has 1 unspecified atom stereocenters. The van der Waals surface area contributed by atoms with Gasteiger partial charge in [-0.3, -0.25) is 0 Å². The fourth-order valence-corrected chi connectivity index (χ4v) is 4.77. The van der Waals surface area contributed by atoms with Crippen molar-refractivity contribution in [1.82, 2.24) is 9.78 Å². The number of aromatic nitrogens is 2. The third-order valence-corrected chi connectivity index (χ3v) is 6.13. The Bertz CT molecular complexity index is 700. The third-order valence-electron chi connectivity index (χ3n) is 5.64. The molecule has 3 aliphatic carbocycles. The maximum atomic E-state index is 5.98.